The Kier molecular flexibility index (Phi) is 2.92. The van der Waals surface area contributed by atoms with Crippen molar-refractivity contribution in [3.05, 3.63) is 17.7 Å². The first-order chi connectivity index (χ1) is 8.24. The predicted molar refractivity (Wildman–Crippen MR) is 65.9 cm³/mol. The van der Waals surface area contributed by atoms with Crippen LogP contribution in [0.2, 0.25) is 0 Å². The van der Waals surface area contributed by atoms with Gasteiger partial charge in [0, 0.05) is 37.3 Å². The maximum atomic E-state index is 9.64. The molecule has 2 aliphatic rings. The summed E-state index contributed by atoms with van der Waals surface area (Å²) in [6.07, 6.45) is 7.10. The second kappa shape index (κ2) is 4.42. The molecule has 0 radical (unpaired) electrons. The van der Waals surface area contributed by atoms with Gasteiger partial charge in [-0.25, -0.2) is 4.98 Å². The minimum absolute atomic E-state index is 0.166. The van der Waals surface area contributed by atoms with E-state index in [1.54, 1.807) is 0 Å². The zero-order chi connectivity index (χ0) is 11.8. The van der Waals surface area contributed by atoms with Crippen molar-refractivity contribution in [2.45, 2.75) is 50.8 Å². The van der Waals surface area contributed by atoms with E-state index >= 15 is 0 Å². The van der Waals surface area contributed by atoms with E-state index in [1.807, 2.05) is 6.20 Å². The first-order valence-electron chi connectivity index (χ1n) is 6.65. The summed E-state index contributed by atoms with van der Waals surface area (Å²) in [4.78, 5) is 7.00. The minimum Gasteiger partial charge on any atom is -0.393 e. The van der Waals surface area contributed by atoms with Gasteiger partial charge in [-0.1, -0.05) is 0 Å². The van der Waals surface area contributed by atoms with Crippen molar-refractivity contribution in [2.24, 2.45) is 0 Å². The second-order valence-electron chi connectivity index (χ2n) is 5.44. The van der Waals surface area contributed by atoms with Gasteiger partial charge in [0.15, 0.2) is 0 Å². The van der Waals surface area contributed by atoms with Crippen LogP contribution >= 0.6 is 0 Å². The molecular weight excluding hydrogens is 214 g/mol. The molecule has 0 saturated carbocycles. The molecule has 2 aliphatic heterocycles. The highest BCUT2D eigenvalue weighted by atomic mass is 16.3. The van der Waals surface area contributed by atoms with Gasteiger partial charge < -0.3 is 14.6 Å². The van der Waals surface area contributed by atoms with Crippen molar-refractivity contribution in [2.75, 3.05) is 13.6 Å². The van der Waals surface area contributed by atoms with Crippen molar-refractivity contribution < 1.29 is 5.11 Å². The number of hydrogen-bond acceptors (Lipinski definition) is 3. The molecule has 1 aromatic heterocycles. The summed E-state index contributed by atoms with van der Waals surface area (Å²) >= 11 is 0. The molecule has 17 heavy (non-hydrogen) atoms. The number of rotatable bonds is 2. The molecule has 1 fully saturated rings. The van der Waals surface area contributed by atoms with Crippen molar-refractivity contribution in [1.29, 1.82) is 0 Å². The number of fused-ring (bicyclic) bond motifs is 1. The van der Waals surface area contributed by atoms with Crippen molar-refractivity contribution in [3.63, 3.8) is 0 Å². The first kappa shape index (κ1) is 11.2. The number of nitrogens with zero attached hydrogens (tertiary/aromatic N) is 3. The lowest BCUT2D eigenvalue weighted by Gasteiger charge is -2.23. The zero-order valence-corrected chi connectivity index (χ0v) is 10.5. The lowest BCUT2D eigenvalue weighted by atomic mass is 10.1. The highest BCUT2D eigenvalue weighted by molar-refractivity contribution is 5.10. The Morgan fingerprint density at radius 2 is 2.29 bits per heavy atom. The molecule has 0 aliphatic carbocycles. The van der Waals surface area contributed by atoms with Crippen molar-refractivity contribution in [1.82, 2.24) is 14.5 Å². The molecule has 1 aromatic rings. The van der Waals surface area contributed by atoms with E-state index in [1.165, 1.54) is 30.9 Å². The number of likely N-dealkylation sites (N-methyl/N-ethyl adjacent to an activating group) is 1. The first-order valence-corrected chi connectivity index (χ1v) is 6.65. The summed E-state index contributed by atoms with van der Waals surface area (Å²) in [5.41, 5.74) is 1.21. The Hall–Kier alpha value is -0.870. The zero-order valence-electron chi connectivity index (χ0n) is 10.5. The van der Waals surface area contributed by atoms with Crippen LogP contribution in [0.5, 0.6) is 0 Å². The van der Waals surface area contributed by atoms with Gasteiger partial charge in [0.25, 0.3) is 0 Å². The third-order valence-electron chi connectivity index (χ3n) is 4.24. The molecule has 2 unspecified atom stereocenters. The third kappa shape index (κ3) is 2.11. The SMILES string of the molecule is CN1CCCC1Cc1ncc2n1CCC(O)C2. The van der Waals surface area contributed by atoms with E-state index in [0.717, 1.165) is 25.8 Å². The van der Waals surface area contributed by atoms with E-state index in [0.29, 0.717) is 6.04 Å². The quantitative estimate of drug-likeness (QED) is 0.825. The van der Waals surface area contributed by atoms with Crippen LogP contribution < -0.4 is 0 Å². The van der Waals surface area contributed by atoms with Gasteiger partial charge in [0.05, 0.1) is 6.10 Å². The van der Waals surface area contributed by atoms with E-state index in [9.17, 15) is 5.11 Å². The normalized spacial score (nSPS) is 29.5. The van der Waals surface area contributed by atoms with Gasteiger partial charge in [-0.05, 0) is 32.9 Å². The van der Waals surface area contributed by atoms with Crippen LogP contribution in [0.3, 0.4) is 0 Å². The molecule has 1 N–H and O–H groups in total. The third-order valence-corrected chi connectivity index (χ3v) is 4.24. The van der Waals surface area contributed by atoms with Crippen LogP contribution in [-0.4, -0.2) is 45.3 Å². The highest BCUT2D eigenvalue weighted by Crippen LogP contribution is 2.22. The predicted octanol–water partition coefficient (Wildman–Crippen LogP) is 0.827. The lowest BCUT2D eigenvalue weighted by molar-refractivity contribution is 0.142. The number of likely N-dealkylation sites (tertiary alicyclic amines) is 1. The molecule has 4 heteroatoms. The Morgan fingerprint density at radius 1 is 1.41 bits per heavy atom. The Morgan fingerprint density at radius 3 is 3.06 bits per heavy atom. The van der Waals surface area contributed by atoms with Crippen LogP contribution in [0.4, 0.5) is 0 Å². The van der Waals surface area contributed by atoms with E-state index in [-0.39, 0.29) is 6.10 Å². The maximum Gasteiger partial charge on any atom is 0.110 e. The topological polar surface area (TPSA) is 41.3 Å². The molecule has 0 aromatic carbocycles. The molecule has 3 heterocycles. The van der Waals surface area contributed by atoms with E-state index < -0.39 is 0 Å². The van der Waals surface area contributed by atoms with Gasteiger partial charge >= 0.3 is 0 Å². The summed E-state index contributed by atoms with van der Waals surface area (Å²) in [6.45, 7) is 2.15. The number of hydrogen-bond donors (Lipinski definition) is 1. The Labute approximate surface area is 102 Å². The molecule has 0 amide bonds. The summed E-state index contributed by atoms with van der Waals surface area (Å²) in [5.74, 6) is 1.21. The van der Waals surface area contributed by atoms with Crippen LogP contribution in [0.25, 0.3) is 0 Å². The molecule has 1 saturated heterocycles. The second-order valence-corrected chi connectivity index (χ2v) is 5.44. The van der Waals surface area contributed by atoms with E-state index in [4.69, 9.17) is 0 Å². The summed E-state index contributed by atoms with van der Waals surface area (Å²) in [7, 11) is 2.21. The van der Waals surface area contributed by atoms with Crippen molar-refractivity contribution >= 4 is 0 Å². The minimum atomic E-state index is -0.166. The van der Waals surface area contributed by atoms with Gasteiger partial charge in [0.2, 0.25) is 0 Å². The molecule has 4 nitrogen and oxygen atoms in total. The molecule has 2 atom stereocenters. The van der Waals surface area contributed by atoms with Gasteiger partial charge in [-0.2, -0.15) is 0 Å². The molecule has 0 bridgehead atoms. The van der Waals surface area contributed by atoms with Crippen LogP contribution in [0.1, 0.15) is 30.8 Å². The Balaban J connectivity index is 1.76. The fourth-order valence-corrected chi connectivity index (χ4v) is 3.12. The highest BCUT2D eigenvalue weighted by Gasteiger charge is 2.25. The average Bonchev–Trinajstić information content (AvgIpc) is 2.87. The molecular formula is C13H21N3O. The largest absolute Gasteiger partial charge is 0.393 e. The molecule has 94 valence electrons. The fourth-order valence-electron chi connectivity index (χ4n) is 3.12. The van der Waals surface area contributed by atoms with Crippen molar-refractivity contribution in [3.8, 4) is 0 Å². The molecule has 0 spiro atoms. The van der Waals surface area contributed by atoms with Crippen LogP contribution in [0, 0.1) is 0 Å². The summed E-state index contributed by atoms with van der Waals surface area (Å²) in [5, 5.41) is 9.64. The van der Waals surface area contributed by atoms with Crippen LogP contribution in [0.15, 0.2) is 6.20 Å². The number of imidazole rings is 1. The van der Waals surface area contributed by atoms with Gasteiger partial charge in [-0.15, -0.1) is 0 Å². The average molecular weight is 235 g/mol. The lowest BCUT2D eigenvalue weighted by Crippen LogP contribution is -2.29. The monoisotopic (exact) mass is 235 g/mol. The smallest absolute Gasteiger partial charge is 0.110 e. The fraction of sp³-hybridized carbons (Fsp3) is 0.769. The maximum absolute atomic E-state index is 9.64. The van der Waals surface area contributed by atoms with Gasteiger partial charge in [0.1, 0.15) is 5.82 Å². The molecule has 3 rings (SSSR count). The number of aromatic nitrogens is 2. The number of aliphatic hydroxyl groups excluding tert-OH is 1. The number of aliphatic hydroxyl groups is 1. The summed E-state index contributed by atoms with van der Waals surface area (Å²) in [6, 6.07) is 0.661. The van der Waals surface area contributed by atoms with Gasteiger partial charge in [-0.3, -0.25) is 0 Å². The summed E-state index contributed by atoms with van der Waals surface area (Å²) < 4.78 is 2.32. The standard InChI is InChI=1S/C13H21N3O/c1-15-5-2-3-10(15)8-13-14-9-11-7-12(17)4-6-16(11)13/h9-10,12,17H,2-8H2,1H3. The van der Waals surface area contributed by atoms with Crippen LogP contribution in [-0.2, 0) is 19.4 Å². The van der Waals surface area contributed by atoms with E-state index in [2.05, 4.69) is 21.5 Å². The Bertz CT molecular complexity index is 401.